The maximum Gasteiger partial charge on any atom is 0.206 e. The molecule has 1 heterocycles. The minimum absolute atomic E-state index is 0.189. The first-order chi connectivity index (χ1) is 10.2. The van der Waals surface area contributed by atoms with E-state index in [9.17, 15) is 9.18 Å². The predicted octanol–water partition coefficient (Wildman–Crippen LogP) is 3.50. The molecule has 0 spiro atoms. The molecule has 21 heavy (non-hydrogen) atoms. The molecule has 0 saturated carbocycles. The number of hydrogen-bond donors (Lipinski definition) is 1. The van der Waals surface area contributed by atoms with Crippen molar-refractivity contribution in [3.05, 3.63) is 71.7 Å². The third kappa shape index (κ3) is 2.58. The summed E-state index contributed by atoms with van der Waals surface area (Å²) in [4.78, 5) is 12.6. The summed E-state index contributed by atoms with van der Waals surface area (Å²) in [6, 6.07) is 15.0. The quantitative estimate of drug-likeness (QED) is 0.746. The lowest BCUT2D eigenvalue weighted by Gasteiger charge is -2.12. The van der Waals surface area contributed by atoms with Crippen LogP contribution in [0.2, 0.25) is 0 Å². The highest BCUT2D eigenvalue weighted by molar-refractivity contribution is 6.01. The number of halogens is 1. The standard InChI is InChI=1S/C17H14FNO2/c18-13-6-7-15-12(8-13)9-16(21-15)17(20)14(10-19)11-4-2-1-3-5-11/h1-9,14H,10,19H2. The zero-order valence-electron chi connectivity index (χ0n) is 11.3. The Morgan fingerprint density at radius 2 is 1.90 bits per heavy atom. The fourth-order valence-electron chi connectivity index (χ4n) is 2.39. The summed E-state index contributed by atoms with van der Waals surface area (Å²) < 4.78 is 18.7. The molecule has 0 bridgehead atoms. The Bertz CT molecular complexity index is 780. The molecule has 0 aliphatic carbocycles. The number of Topliss-reactive ketones (excluding diaryl/α,β-unsaturated/α-hetero) is 1. The molecule has 0 radical (unpaired) electrons. The highest BCUT2D eigenvalue weighted by Gasteiger charge is 2.23. The zero-order valence-corrected chi connectivity index (χ0v) is 11.3. The number of benzene rings is 2. The van der Waals surface area contributed by atoms with E-state index in [0.717, 1.165) is 5.56 Å². The van der Waals surface area contributed by atoms with E-state index in [4.69, 9.17) is 10.2 Å². The normalized spacial score (nSPS) is 12.5. The van der Waals surface area contributed by atoms with Crippen LogP contribution in [-0.2, 0) is 0 Å². The van der Waals surface area contributed by atoms with E-state index >= 15 is 0 Å². The monoisotopic (exact) mass is 283 g/mol. The smallest absolute Gasteiger partial charge is 0.206 e. The molecular weight excluding hydrogens is 269 g/mol. The van der Waals surface area contributed by atoms with Gasteiger partial charge in [0.2, 0.25) is 5.78 Å². The van der Waals surface area contributed by atoms with E-state index in [-0.39, 0.29) is 23.9 Å². The van der Waals surface area contributed by atoms with Crippen molar-refractivity contribution in [2.75, 3.05) is 6.54 Å². The first-order valence-corrected chi connectivity index (χ1v) is 6.67. The van der Waals surface area contributed by atoms with Gasteiger partial charge in [-0.05, 0) is 29.8 Å². The molecule has 1 unspecified atom stereocenters. The molecule has 0 saturated heterocycles. The summed E-state index contributed by atoms with van der Waals surface area (Å²) in [5.74, 6) is -0.812. The van der Waals surface area contributed by atoms with Crippen molar-refractivity contribution in [2.45, 2.75) is 5.92 Å². The molecule has 0 amide bonds. The molecule has 3 aromatic rings. The zero-order chi connectivity index (χ0) is 14.8. The Balaban J connectivity index is 1.98. The van der Waals surface area contributed by atoms with E-state index in [1.807, 2.05) is 30.3 Å². The van der Waals surface area contributed by atoms with Gasteiger partial charge in [0.15, 0.2) is 5.76 Å². The summed E-state index contributed by atoms with van der Waals surface area (Å²) in [5.41, 5.74) is 7.07. The van der Waals surface area contributed by atoms with Crippen LogP contribution in [0.25, 0.3) is 11.0 Å². The van der Waals surface area contributed by atoms with Crippen LogP contribution in [0.15, 0.2) is 59.0 Å². The van der Waals surface area contributed by atoms with Gasteiger partial charge in [-0.25, -0.2) is 4.39 Å². The number of nitrogens with two attached hydrogens (primary N) is 1. The van der Waals surface area contributed by atoms with Crippen LogP contribution in [0.5, 0.6) is 0 Å². The van der Waals surface area contributed by atoms with Gasteiger partial charge >= 0.3 is 0 Å². The van der Waals surface area contributed by atoms with Gasteiger partial charge < -0.3 is 10.2 Å². The Morgan fingerprint density at radius 1 is 1.14 bits per heavy atom. The summed E-state index contributed by atoms with van der Waals surface area (Å²) in [7, 11) is 0. The van der Waals surface area contributed by atoms with Gasteiger partial charge in [-0.15, -0.1) is 0 Å². The Morgan fingerprint density at radius 3 is 2.62 bits per heavy atom. The largest absolute Gasteiger partial charge is 0.453 e. The fraction of sp³-hybridized carbons (Fsp3) is 0.118. The van der Waals surface area contributed by atoms with Gasteiger partial charge in [0.05, 0.1) is 5.92 Å². The van der Waals surface area contributed by atoms with Crippen LogP contribution in [0.1, 0.15) is 22.0 Å². The minimum atomic E-state index is -0.461. The minimum Gasteiger partial charge on any atom is -0.453 e. The Hall–Kier alpha value is -2.46. The number of carbonyl (C=O) groups excluding carboxylic acids is 1. The molecule has 1 atom stereocenters. The van der Waals surface area contributed by atoms with Crippen LogP contribution in [0.3, 0.4) is 0 Å². The predicted molar refractivity (Wildman–Crippen MR) is 78.7 cm³/mol. The second-order valence-electron chi connectivity index (χ2n) is 4.86. The Kier molecular flexibility index (Phi) is 3.54. The van der Waals surface area contributed by atoms with Gasteiger partial charge in [-0.3, -0.25) is 4.79 Å². The molecule has 2 aromatic carbocycles. The Labute approximate surface area is 121 Å². The van der Waals surface area contributed by atoms with Crippen LogP contribution >= 0.6 is 0 Å². The van der Waals surface area contributed by atoms with Gasteiger partial charge in [0.1, 0.15) is 11.4 Å². The van der Waals surface area contributed by atoms with E-state index in [0.29, 0.717) is 11.0 Å². The first-order valence-electron chi connectivity index (χ1n) is 6.67. The van der Waals surface area contributed by atoms with E-state index in [1.165, 1.54) is 18.2 Å². The van der Waals surface area contributed by atoms with E-state index in [1.54, 1.807) is 6.07 Å². The molecule has 0 aliphatic heterocycles. The molecule has 2 N–H and O–H groups in total. The van der Waals surface area contributed by atoms with Crippen LogP contribution < -0.4 is 5.73 Å². The topological polar surface area (TPSA) is 56.2 Å². The molecule has 4 heteroatoms. The third-order valence-corrected chi connectivity index (χ3v) is 3.48. The number of rotatable bonds is 4. The second kappa shape index (κ2) is 5.50. The second-order valence-corrected chi connectivity index (χ2v) is 4.86. The van der Waals surface area contributed by atoms with Crippen molar-refractivity contribution in [2.24, 2.45) is 5.73 Å². The summed E-state index contributed by atoms with van der Waals surface area (Å²) in [6.07, 6.45) is 0. The average molecular weight is 283 g/mol. The van der Waals surface area contributed by atoms with Crippen molar-refractivity contribution < 1.29 is 13.6 Å². The lowest BCUT2D eigenvalue weighted by molar-refractivity contribution is 0.0937. The van der Waals surface area contributed by atoms with Gasteiger partial charge in [0, 0.05) is 11.9 Å². The van der Waals surface area contributed by atoms with Crippen molar-refractivity contribution in [3.63, 3.8) is 0 Å². The van der Waals surface area contributed by atoms with E-state index < -0.39 is 5.92 Å². The number of hydrogen-bond acceptors (Lipinski definition) is 3. The lowest BCUT2D eigenvalue weighted by Crippen LogP contribution is -2.21. The molecule has 3 nitrogen and oxygen atoms in total. The molecule has 0 aliphatic rings. The van der Waals surface area contributed by atoms with E-state index in [2.05, 4.69) is 0 Å². The number of furan rings is 1. The lowest BCUT2D eigenvalue weighted by atomic mass is 9.93. The van der Waals surface area contributed by atoms with Gasteiger partial charge in [-0.1, -0.05) is 30.3 Å². The van der Waals surface area contributed by atoms with Crippen molar-refractivity contribution >= 4 is 16.8 Å². The molecule has 0 fully saturated rings. The van der Waals surface area contributed by atoms with Crippen LogP contribution in [0.4, 0.5) is 4.39 Å². The van der Waals surface area contributed by atoms with Crippen molar-refractivity contribution in [3.8, 4) is 0 Å². The molecule has 3 rings (SSSR count). The summed E-state index contributed by atoms with van der Waals surface area (Å²) in [6.45, 7) is 0.189. The SMILES string of the molecule is NCC(C(=O)c1cc2cc(F)ccc2o1)c1ccccc1. The summed E-state index contributed by atoms with van der Waals surface area (Å²) in [5, 5.41) is 0.571. The van der Waals surface area contributed by atoms with Gasteiger partial charge in [-0.2, -0.15) is 0 Å². The van der Waals surface area contributed by atoms with Crippen molar-refractivity contribution in [1.82, 2.24) is 0 Å². The maximum absolute atomic E-state index is 13.2. The molecule has 1 aromatic heterocycles. The molecular formula is C17H14FNO2. The average Bonchev–Trinajstić information content (AvgIpc) is 2.92. The van der Waals surface area contributed by atoms with Gasteiger partial charge in [0.25, 0.3) is 0 Å². The summed E-state index contributed by atoms with van der Waals surface area (Å²) >= 11 is 0. The van der Waals surface area contributed by atoms with Crippen molar-refractivity contribution in [1.29, 1.82) is 0 Å². The highest BCUT2D eigenvalue weighted by atomic mass is 19.1. The number of carbonyl (C=O) groups is 1. The maximum atomic E-state index is 13.2. The first kappa shape index (κ1) is 13.5. The van der Waals surface area contributed by atoms with Crippen LogP contribution in [0, 0.1) is 5.82 Å². The fourth-order valence-corrected chi connectivity index (χ4v) is 2.39. The highest BCUT2D eigenvalue weighted by Crippen LogP contribution is 2.25. The third-order valence-electron chi connectivity index (χ3n) is 3.48. The number of fused-ring (bicyclic) bond motifs is 1. The number of ketones is 1. The molecule has 106 valence electrons. The van der Waals surface area contributed by atoms with Crippen LogP contribution in [-0.4, -0.2) is 12.3 Å².